The maximum absolute atomic E-state index is 11.7. The van der Waals surface area contributed by atoms with Crippen molar-refractivity contribution in [2.75, 3.05) is 12.3 Å². The van der Waals surface area contributed by atoms with Crippen molar-refractivity contribution < 1.29 is 5.11 Å². The van der Waals surface area contributed by atoms with Gasteiger partial charge >= 0.3 is 0 Å². The minimum absolute atomic E-state index is 0.0313. The number of nitrogens with zero attached hydrogens (tertiary/aromatic N) is 3. The zero-order valence-electron chi connectivity index (χ0n) is 8.57. The van der Waals surface area contributed by atoms with Crippen LogP contribution in [-0.2, 0) is 6.54 Å². The summed E-state index contributed by atoms with van der Waals surface area (Å²) in [6.45, 7) is 0.0797. The molecule has 2 rings (SSSR count). The van der Waals surface area contributed by atoms with E-state index >= 15 is 0 Å². The van der Waals surface area contributed by atoms with E-state index in [1.807, 2.05) is 6.07 Å². The largest absolute Gasteiger partial charge is 0.395 e. The number of hydrogen-bond acceptors (Lipinski definition) is 5. The Morgan fingerprint density at radius 3 is 2.94 bits per heavy atom. The highest BCUT2D eigenvalue weighted by Crippen LogP contribution is 2.26. The Kier molecular flexibility index (Phi) is 2.87. The number of anilines is 1. The lowest BCUT2D eigenvalue weighted by Crippen LogP contribution is -2.12. The van der Waals surface area contributed by atoms with Crippen LogP contribution in [0.15, 0.2) is 9.40 Å². The summed E-state index contributed by atoms with van der Waals surface area (Å²) in [5.74, 6) is -0.0313. The second-order valence-electron chi connectivity index (χ2n) is 3.30. The molecule has 0 atom stereocenters. The molecule has 0 fully saturated rings. The second-order valence-corrected chi connectivity index (χ2v) is 4.05. The van der Waals surface area contributed by atoms with Gasteiger partial charge in [-0.3, -0.25) is 9.78 Å². The maximum Gasteiger partial charge on any atom is 0.263 e. The Balaban J connectivity index is 2.97. The minimum atomic E-state index is -0.471. The molecule has 4 N–H and O–H groups in total. The molecule has 0 spiro atoms. The Hall–Kier alpha value is -1.85. The first kappa shape index (κ1) is 11.6. The van der Waals surface area contributed by atoms with Gasteiger partial charge in [-0.05, 0) is 15.9 Å². The number of nitriles is 1. The summed E-state index contributed by atoms with van der Waals surface area (Å²) >= 11 is 3.21. The van der Waals surface area contributed by atoms with E-state index in [0.29, 0.717) is 4.60 Å². The molecule has 0 aliphatic carbocycles. The topological polar surface area (TPSA) is 121 Å². The zero-order valence-corrected chi connectivity index (χ0v) is 10.2. The molecule has 0 saturated heterocycles. The first-order chi connectivity index (χ1) is 8.10. The third-order valence-electron chi connectivity index (χ3n) is 2.30. The van der Waals surface area contributed by atoms with Crippen LogP contribution in [0.25, 0.3) is 11.0 Å². The van der Waals surface area contributed by atoms with Gasteiger partial charge in [-0.25, -0.2) is 0 Å². The van der Waals surface area contributed by atoms with Crippen molar-refractivity contribution in [2.24, 2.45) is 0 Å². The van der Waals surface area contributed by atoms with Crippen molar-refractivity contribution in [1.29, 1.82) is 5.26 Å². The van der Waals surface area contributed by atoms with E-state index in [2.05, 4.69) is 25.9 Å². The summed E-state index contributed by atoms with van der Waals surface area (Å²) in [5.41, 5.74) is 5.44. The molecular weight excluding hydrogens is 290 g/mol. The van der Waals surface area contributed by atoms with Gasteiger partial charge < -0.3 is 15.4 Å². The first-order valence-corrected chi connectivity index (χ1v) is 5.48. The molecule has 0 aliphatic heterocycles. The van der Waals surface area contributed by atoms with Gasteiger partial charge in [0.2, 0.25) is 5.95 Å². The van der Waals surface area contributed by atoms with Gasteiger partial charge in [-0.15, -0.1) is 0 Å². The van der Waals surface area contributed by atoms with Gasteiger partial charge in [0.05, 0.1) is 12.2 Å². The van der Waals surface area contributed by atoms with Gasteiger partial charge in [0.1, 0.15) is 16.1 Å². The van der Waals surface area contributed by atoms with Crippen molar-refractivity contribution in [3.8, 4) is 6.07 Å². The van der Waals surface area contributed by atoms with Gasteiger partial charge in [0, 0.05) is 6.54 Å². The average Bonchev–Trinajstić information content (AvgIpc) is 2.53. The van der Waals surface area contributed by atoms with Crippen LogP contribution in [0.1, 0.15) is 5.56 Å². The highest BCUT2D eigenvalue weighted by Gasteiger charge is 2.19. The Morgan fingerprint density at radius 2 is 2.35 bits per heavy atom. The number of H-pyrrole nitrogens is 1. The fraction of sp³-hybridized carbons (Fsp3) is 0.222. The van der Waals surface area contributed by atoms with E-state index in [-0.39, 0.29) is 35.7 Å². The van der Waals surface area contributed by atoms with Gasteiger partial charge in [-0.2, -0.15) is 10.2 Å². The number of nitrogen functional groups attached to an aromatic ring is 1. The lowest BCUT2D eigenvalue weighted by molar-refractivity contribution is 0.277. The molecule has 88 valence electrons. The standard InChI is InChI=1S/C9H8BrN5O2/c10-6-4(3-11)5-7(15(6)1-2-16)13-9(12)14-8(5)17/h16H,1-2H2,(H3,12,13,14,17). The summed E-state index contributed by atoms with van der Waals surface area (Å²) in [5, 5.41) is 18.1. The summed E-state index contributed by atoms with van der Waals surface area (Å²) in [6.07, 6.45) is 0. The van der Waals surface area contributed by atoms with E-state index in [0.717, 1.165) is 0 Å². The van der Waals surface area contributed by atoms with Gasteiger partial charge in [-0.1, -0.05) is 0 Å². The van der Waals surface area contributed by atoms with Crippen LogP contribution < -0.4 is 11.3 Å². The van der Waals surface area contributed by atoms with Crippen LogP contribution in [0.5, 0.6) is 0 Å². The molecule has 0 aromatic carbocycles. The van der Waals surface area contributed by atoms with Crippen LogP contribution in [0, 0.1) is 11.3 Å². The summed E-state index contributed by atoms with van der Waals surface area (Å²) < 4.78 is 1.94. The third kappa shape index (κ3) is 1.69. The molecule has 0 saturated carbocycles. The van der Waals surface area contributed by atoms with Crippen molar-refractivity contribution in [2.45, 2.75) is 6.54 Å². The van der Waals surface area contributed by atoms with E-state index in [9.17, 15) is 4.79 Å². The highest BCUT2D eigenvalue weighted by atomic mass is 79.9. The number of nitrogens with one attached hydrogen (secondary N) is 1. The lowest BCUT2D eigenvalue weighted by atomic mass is 10.3. The summed E-state index contributed by atoms with van der Waals surface area (Å²) in [4.78, 5) is 18.0. The summed E-state index contributed by atoms with van der Waals surface area (Å²) in [7, 11) is 0. The number of fused-ring (bicyclic) bond motifs is 1. The second kappa shape index (κ2) is 4.20. The number of aromatic amines is 1. The van der Waals surface area contributed by atoms with Crippen LogP contribution in [0.3, 0.4) is 0 Å². The quantitative estimate of drug-likeness (QED) is 0.717. The van der Waals surface area contributed by atoms with Crippen molar-refractivity contribution >= 4 is 32.9 Å². The van der Waals surface area contributed by atoms with Crippen molar-refractivity contribution in [1.82, 2.24) is 14.5 Å². The molecule has 17 heavy (non-hydrogen) atoms. The fourth-order valence-electron chi connectivity index (χ4n) is 1.64. The molecule has 0 bridgehead atoms. The molecule has 0 radical (unpaired) electrons. The molecule has 0 amide bonds. The third-order valence-corrected chi connectivity index (χ3v) is 3.13. The first-order valence-electron chi connectivity index (χ1n) is 4.68. The Bertz CT molecular complexity index is 681. The number of hydrogen-bond donors (Lipinski definition) is 3. The molecule has 2 aromatic heterocycles. The van der Waals surface area contributed by atoms with E-state index < -0.39 is 5.56 Å². The Labute approximate surface area is 104 Å². The molecule has 2 heterocycles. The molecule has 0 aliphatic rings. The summed E-state index contributed by atoms with van der Waals surface area (Å²) in [6, 6.07) is 1.93. The predicted octanol–water partition coefficient (Wildman–Crippen LogP) is -0.0667. The molecule has 8 heteroatoms. The van der Waals surface area contributed by atoms with Gasteiger partial charge in [0.15, 0.2) is 5.65 Å². The van der Waals surface area contributed by atoms with Gasteiger partial charge in [0.25, 0.3) is 5.56 Å². The SMILES string of the molecule is N#Cc1c(Br)n(CCO)c2nc(N)[nH]c(=O)c12. The van der Waals surface area contributed by atoms with Crippen LogP contribution >= 0.6 is 15.9 Å². The molecule has 2 aromatic rings. The zero-order chi connectivity index (χ0) is 12.6. The normalized spacial score (nSPS) is 10.6. The average molecular weight is 298 g/mol. The molecule has 0 unspecified atom stereocenters. The van der Waals surface area contributed by atoms with E-state index in [1.54, 1.807) is 0 Å². The lowest BCUT2D eigenvalue weighted by Gasteiger charge is -2.03. The number of halogens is 1. The van der Waals surface area contributed by atoms with Crippen molar-refractivity contribution in [3.63, 3.8) is 0 Å². The smallest absolute Gasteiger partial charge is 0.263 e. The number of rotatable bonds is 2. The van der Waals surface area contributed by atoms with E-state index in [1.165, 1.54) is 4.57 Å². The highest BCUT2D eigenvalue weighted by molar-refractivity contribution is 9.10. The predicted molar refractivity (Wildman–Crippen MR) is 64.3 cm³/mol. The monoisotopic (exact) mass is 297 g/mol. The molecular formula is C9H8BrN5O2. The Morgan fingerprint density at radius 1 is 1.65 bits per heavy atom. The van der Waals surface area contributed by atoms with Crippen LogP contribution in [-0.4, -0.2) is 26.2 Å². The number of nitrogens with two attached hydrogens (primary N) is 1. The number of aromatic nitrogens is 3. The maximum atomic E-state index is 11.7. The van der Waals surface area contributed by atoms with Crippen LogP contribution in [0.2, 0.25) is 0 Å². The number of aliphatic hydroxyl groups is 1. The fourth-order valence-corrected chi connectivity index (χ4v) is 2.27. The van der Waals surface area contributed by atoms with E-state index in [4.69, 9.17) is 16.1 Å². The molecule has 7 nitrogen and oxygen atoms in total. The van der Waals surface area contributed by atoms with Crippen LogP contribution in [0.4, 0.5) is 5.95 Å². The van der Waals surface area contributed by atoms with Crippen molar-refractivity contribution in [3.05, 3.63) is 20.5 Å². The number of aliphatic hydroxyl groups excluding tert-OH is 1. The minimum Gasteiger partial charge on any atom is -0.395 e.